The third-order valence-corrected chi connectivity index (χ3v) is 5.21. The first-order chi connectivity index (χ1) is 11.6. The van der Waals surface area contributed by atoms with Gasteiger partial charge in [0, 0.05) is 43.2 Å². The van der Waals surface area contributed by atoms with E-state index in [2.05, 4.69) is 25.9 Å². The van der Waals surface area contributed by atoms with Crippen LogP contribution < -0.4 is 5.32 Å². The molecular weight excluding hydrogens is 330 g/mol. The van der Waals surface area contributed by atoms with Gasteiger partial charge in [-0.15, -0.1) is 5.10 Å². The molecule has 1 unspecified atom stereocenters. The summed E-state index contributed by atoms with van der Waals surface area (Å²) < 4.78 is 3.47. The number of carboxylic acid groups (broad SMARTS) is 1. The Morgan fingerprint density at radius 1 is 1.50 bits per heavy atom. The molecule has 2 N–H and O–H groups in total. The van der Waals surface area contributed by atoms with Crippen LogP contribution in [-0.4, -0.2) is 59.4 Å². The first-order valence-electron chi connectivity index (χ1n) is 8.00. The van der Waals surface area contributed by atoms with Gasteiger partial charge in [0.05, 0.1) is 0 Å². The highest BCUT2D eigenvalue weighted by molar-refractivity contribution is 7.99. The SMILES string of the molecule is CCn1nc(C(=O)O)c2c1CCC(NCCSc1nnnn1C)C2. The predicted octanol–water partition coefficient (Wildman–Crippen LogP) is 0.364. The summed E-state index contributed by atoms with van der Waals surface area (Å²) in [6, 6.07) is 0.281. The van der Waals surface area contributed by atoms with Gasteiger partial charge in [-0.25, -0.2) is 9.48 Å². The fourth-order valence-corrected chi connectivity index (χ4v) is 3.76. The molecule has 0 aliphatic heterocycles. The largest absolute Gasteiger partial charge is 0.476 e. The van der Waals surface area contributed by atoms with Crippen molar-refractivity contribution in [2.24, 2.45) is 7.05 Å². The van der Waals surface area contributed by atoms with Gasteiger partial charge >= 0.3 is 5.97 Å². The topological polar surface area (TPSA) is 111 Å². The van der Waals surface area contributed by atoms with Crippen molar-refractivity contribution in [1.29, 1.82) is 0 Å². The molecular formula is C14H21N7O2S. The van der Waals surface area contributed by atoms with Crippen molar-refractivity contribution in [2.75, 3.05) is 12.3 Å². The number of fused-ring (bicyclic) bond motifs is 1. The fraction of sp³-hybridized carbons (Fsp3) is 0.643. The first-order valence-corrected chi connectivity index (χ1v) is 8.99. The van der Waals surface area contributed by atoms with Gasteiger partial charge in [0.15, 0.2) is 5.69 Å². The van der Waals surface area contributed by atoms with E-state index in [4.69, 9.17) is 0 Å². The van der Waals surface area contributed by atoms with Crippen LogP contribution in [0.3, 0.4) is 0 Å². The van der Waals surface area contributed by atoms with Crippen LogP contribution >= 0.6 is 11.8 Å². The lowest BCUT2D eigenvalue weighted by molar-refractivity contribution is 0.0688. The number of tetrazole rings is 1. The summed E-state index contributed by atoms with van der Waals surface area (Å²) in [6.07, 6.45) is 2.57. The Morgan fingerprint density at radius 2 is 2.33 bits per heavy atom. The number of aromatic nitrogens is 6. The fourth-order valence-electron chi connectivity index (χ4n) is 3.04. The van der Waals surface area contributed by atoms with E-state index >= 15 is 0 Å². The highest BCUT2D eigenvalue weighted by Crippen LogP contribution is 2.25. The molecule has 2 aromatic rings. The summed E-state index contributed by atoms with van der Waals surface area (Å²) in [6.45, 7) is 3.51. The molecule has 1 aliphatic carbocycles. The van der Waals surface area contributed by atoms with Crippen molar-refractivity contribution in [3.8, 4) is 0 Å². The van der Waals surface area contributed by atoms with Crippen LogP contribution in [0.2, 0.25) is 0 Å². The number of rotatable bonds is 7. The molecule has 0 fully saturated rings. The van der Waals surface area contributed by atoms with E-state index < -0.39 is 5.97 Å². The Kier molecular flexibility index (Phi) is 5.14. The molecule has 0 aromatic carbocycles. The van der Waals surface area contributed by atoms with E-state index in [1.165, 1.54) is 0 Å². The normalized spacial score (nSPS) is 17.0. The number of carboxylic acids is 1. The molecule has 9 nitrogen and oxygen atoms in total. The number of nitrogens with zero attached hydrogens (tertiary/aromatic N) is 6. The average Bonchev–Trinajstić information content (AvgIpc) is 3.14. The Balaban J connectivity index is 1.56. The van der Waals surface area contributed by atoms with Crippen LogP contribution in [0.25, 0.3) is 0 Å². The second kappa shape index (κ2) is 7.31. The van der Waals surface area contributed by atoms with E-state index in [0.717, 1.165) is 41.6 Å². The molecule has 0 saturated carbocycles. The average molecular weight is 351 g/mol. The molecule has 3 rings (SSSR count). The Labute approximate surface area is 143 Å². The van der Waals surface area contributed by atoms with Crippen molar-refractivity contribution >= 4 is 17.7 Å². The number of hydrogen-bond acceptors (Lipinski definition) is 7. The molecule has 1 atom stereocenters. The molecule has 0 radical (unpaired) electrons. The number of hydrogen-bond donors (Lipinski definition) is 2. The van der Waals surface area contributed by atoms with Gasteiger partial charge < -0.3 is 10.4 Å². The maximum absolute atomic E-state index is 11.4. The molecule has 0 saturated heterocycles. The Hall–Kier alpha value is -1.94. The second-order valence-corrected chi connectivity index (χ2v) is 6.78. The minimum Gasteiger partial charge on any atom is -0.476 e. The van der Waals surface area contributed by atoms with Crippen molar-refractivity contribution in [3.63, 3.8) is 0 Å². The lowest BCUT2D eigenvalue weighted by Crippen LogP contribution is -2.36. The molecule has 24 heavy (non-hydrogen) atoms. The van der Waals surface area contributed by atoms with Gasteiger partial charge in [-0.2, -0.15) is 5.10 Å². The van der Waals surface area contributed by atoms with Crippen LogP contribution in [0.1, 0.15) is 35.1 Å². The van der Waals surface area contributed by atoms with Gasteiger partial charge in [-0.05, 0) is 36.6 Å². The van der Waals surface area contributed by atoms with Crippen molar-refractivity contribution in [3.05, 3.63) is 17.0 Å². The Morgan fingerprint density at radius 3 is 3.00 bits per heavy atom. The van der Waals surface area contributed by atoms with Gasteiger partial charge in [0.25, 0.3) is 0 Å². The molecule has 2 aromatic heterocycles. The lowest BCUT2D eigenvalue weighted by Gasteiger charge is -2.24. The summed E-state index contributed by atoms with van der Waals surface area (Å²) in [5, 5.41) is 29.2. The van der Waals surface area contributed by atoms with Gasteiger partial charge in [0.1, 0.15) is 0 Å². The number of carbonyl (C=O) groups is 1. The maximum Gasteiger partial charge on any atom is 0.356 e. The summed E-state index contributed by atoms with van der Waals surface area (Å²) in [4.78, 5) is 11.4. The Bertz CT molecular complexity index is 727. The molecule has 0 bridgehead atoms. The minimum absolute atomic E-state index is 0.206. The summed E-state index contributed by atoms with van der Waals surface area (Å²) in [7, 11) is 1.82. The smallest absolute Gasteiger partial charge is 0.356 e. The number of aromatic carboxylic acids is 1. The zero-order chi connectivity index (χ0) is 17.1. The van der Waals surface area contributed by atoms with Gasteiger partial charge in [0.2, 0.25) is 5.16 Å². The zero-order valence-corrected chi connectivity index (χ0v) is 14.6. The van der Waals surface area contributed by atoms with Crippen LogP contribution in [0, 0.1) is 0 Å². The van der Waals surface area contributed by atoms with Crippen LogP contribution in [0.5, 0.6) is 0 Å². The predicted molar refractivity (Wildman–Crippen MR) is 88.2 cm³/mol. The molecule has 10 heteroatoms. The van der Waals surface area contributed by atoms with E-state index in [0.29, 0.717) is 13.0 Å². The van der Waals surface area contributed by atoms with Crippen molar-refractivity contribution in [1.82, 2.24) is 35.3 Å². The number of aryl methyl sites for hydroxylation is 2. The van der Waals surface area contributed by atoms with E-state index in [1.54, 1.807) is 16.4 Å². The third kappa shape index (κ3) is 3.44. The van der Waals surface area contributed by atoms with Crippen molar-refractivity contribution in [2.45, 2.75) is 43.9 Å². The molecule has 0 spiro atoms. The number of nitrogens with one attached hydrogen (secondary N) is 1. The standard InChI is InChI=1S/C14H21N7O2S/c1-3-21-11-5-4-9(8-10(11)12(17-21)13(22)23)15-6-7-24-14-16-18-19-20(14)2/h9,15H,3-8H2,1-2H3,(H,22,23). The van der Waals surface area contributed by atoms with E-state index in [9.17, 15) is 9.90 Å². The lowest BCUT2D eigenvalue weighted by atomic mass is 9.91. The quantitative estimate of drug-likeness (QED) is 0.543. The monoisotopic (exact) mass is 351 g/mol. The summed E-state index contributed by atoms with van der Waals surface area (Å²) in [5.74, 6) is -0.0816. The third-order valence-electron chi connectivity index (χ3n) is 4.20. The van der Waals surface area contributed by atoms with Crippen molar-refractivity contribution < 1.29 is 9.90 Å². The summed E-state index contributed by atoms with van der Waals surface area (Å²) >= 11 is 1.60. The molecule has 2 heterocycles. The minimum atomic E-state index is -0.940. The first kappa shape index (κ1) is 16.9. The van der Waals surface area contributed by atoms with Crippen LogP contribution in [0.15, 0.2) is 5.16 Å². The van der Waals surface area contributed by atoms with Crippen LogP contribution in [0.4, 0.5) is 0 Å². The van der Waals surface area contributed by atoms with E-state index in [-0.39, 0.29) is 11.7 Å². The summed E-state index contributed by atoms with van der Waals surface area (Å²) in [5.41, 5.74) is 2.17. The number of thioether (sulfide) groups is 1. The molecule has 0 amide bonds. The molecule has 130 valence electrons. The highest BCUT2D eigenvalue weighted by Gasteiger charge is 2.28. The highest BCUT2D eigenvalue weighted by atomic mass is 32.2. The van der Waals surface area contributed by atoms with Crippen LogP contribution in [-0.2, 0) is 26.4 Å². The molecule has 1 aliphatic rings. The van der Waals surface area contributed by atoms with Gasteiger partial charge in [-0.1, -0.05) is 11.8 Å². The van der Waals surface area contributed by atoms with E-state index in [1.807, 2.05) is 18.7 Å². The maximum atomic E-state index is 11.4. The van der Waals surface area contributed by atoms with Gasteiger partial charge in [-0.3, -0.25) is 4.68 Å². The second-order valence-electron chi connectivity index (χ2n) is 5.72. The zero-order valence-electron chi connectivity index (χ0n) is 13.8.